The largest absolute Gasteiger partial charge is 0.393 e. The number of ether oxygens (including phenoxy) is 2. The summed E-state index contributed by atoms with van der Waals surface area (Å²) in [7, 11) is 0. The molecule has 3 atom stereocenters. The third-order valence-electron chi connectivity index (χ3n) is 3.29. The van der Waals surface area contributed by atoms with Crippen LogP contribution >= 0.6 is 0 Å². The van der Waals surface area contributed by atoms with E-state index in [9.17, 15) is 10.2 Å². The lowest BCUT2D eigenvalue weighted by Crippen LogP contribution is -2.35. The summed E-state index contributed by atoms with van der Waals surface area (Å²) in [6, 6.07) is 0. The Hall–Kier alpha value is -0.200. The first-order valence-electron chi connectivity index (χ1n) is 6.96. The van der Waals surface area contributed by atoms with Gasteiger partial charge in [-0.05, 0) is 25.7 Å². The second kappa shape index (κ2) is 9.69. The molecule has 1 saturated carbocycles. The van der Waals surface area contributed by atoms with E-state index < -0.39 is 6.10 Å². The van der Waals surface area contributed by atoms with Crippen molar-refractivity contribution >= 4 is 0 Å². The zero-order chi connectivity index (χ0) is 13.2. The Morgan fingerprint density at radius 3 is 2.72 bits per heavy atom. The summed E-state index contributed by atoms with van der Waals surface area (Å²) in [5.41, 5.74) is 0. The fraction of sp³-hybridized carbons (Fsp3) is 1.00. The van der Waals surface area contributed by atoms with Gasteiger partial charge in [-0.15, -0.1) is 0 Å². The van der Waals surface area contributed by atoms with E-state index in [1.54, 1.807) is 0 Å². The van der Waals surface area contributed by atoms with Gasteiger partial charge in [-0.3, -0.25) is 0 Å². The van der Waals surface area contributed by atoms with Crippen molar-refractivity contribution in [3.63, 3.8) is 0 Å². The van der Waals surface area contributed by atoms with Crippen LogP contribution in [0.1, 0.15) is 26.2 Å². The fourth-order valence-electron chi connectivity index (χ4n) is 2.23. The van der Waals surface area contributed by atoms with Crippen LogP contribution in [0.3, 0.4) is 0 Å². The molecule has 5 heteroatoms. The smallest absolute Gasteiger partial charge is 0.0897 e. The van der Waals surface area contributed by atoms with Crippen molar-refractivity contribution in [1.29, 1.82) is 0 Å². The topological polar surface area (TPSA) is 71.0 Å². The van der Waals surface area contributed by atoms with Crippen molar-refractivity contribution < 1.29 is 19.7 Å². The molecule has 0 radical (unpaired) electrons. The van der Waals surface area contributed by atoms with Gasteiger partial charge in [-0.2, -0.15) is 0 Å². The minimum atomic E-state index is -0.495. The fourth-order valence-corrected chi connectivity index (χ4v) is 2.23. The maximum absolute atomic E-state index is 9.65. The molecule has 0 bridgehead atoms. The van der Waals surface area contributed by atoms with E-state index in [0.29, 0.717) is 38.9 Å². The van der Waals surface area contributed by atoms with Crippen LogP contribution in [-0.2, 0) is 9.47 Å². The molecule has 18 heavy (non-hydrogen) atoms. The van der Waals surface area contributed by atoms with Crippen molar-refractivity contribution in [1.82, 2.24) is 5.32 Å². The van der Waals surface area contributed by atoms with Gasteiger partial charge in [0, 0.05) is 19.7 Å². The number of aliphatic hydroxyl groups excluding tert-OH is 2. The molecular formula is C13H27NO4. The molecule has 0 aromatic heterocycles. The molecule has 0 aromatic carbocycles. The lowest BCUT2D eigenvalue weighted by atomic mass is 10.1. The number of hydrogen-bond acceptors (Lipinski definition) is 5. The van der Waals surface area contributed by atoms with Gasteiger partial charge in [-0.1, -0.05) is 6.42 Å². The Bertz CT molecular complexity index is 203. The number of aliphatic hydroxyl groups is 2. The third kappa shape index (κ3) is 6.66. The molecule has 5 nitrogen and oxygen atoms in total. The molecule has 0 saturated heterocycles. The van der Waals surface area contributed by atoms with Crippen LogP contribution < -0.4 is 5.32 Å². The molecule has 1 aliphatic carbocycles. The van der Waals surface area contributed by atoms with Gasteiger partial charge < -0.3 is 25.0 Å². The molecule has 0 aromatic rings. The van der Waals surface area contributed by atoms with E-state index in [-0.39, 0.29) is 6.10 Å². The van der Waals surface area contributed by atoms with E-state index in [1.807, 2.05) is 6.92 Å². The summed E-state index contributed by atoms with van der Waals surface area (Å²) < 4.78 is 10.4. The normalized spacial score (nSPS) is 25.5. The van der Waals surface area contributed by atoms with Gasteiger partial charge in [0.05, 0.1) is 32.0 Å². The number of hydrogen-bond donors (Lipinski definition) is 3. The lowest BCUT2D eigenvalue weighted by Gasteiger charge is -2.17. The van der Waals surface area contributed by atoms with Gasteiger partial charge >= 0.3 is 0 Å². The van der Waals surface area contributed by atoms with Crippen molar-refractivity contribution in [2.24, 2.45) is 5.92 Å². The molecule has 3 N–H and O–H groups in total. The molecule has 0 spiro atoms. The van der Waals surface area contributed by atoms with Crippen molar-refractivity contribution in [2.45, 2.75) is 38.4 Å². The highest BCUT2D eigenvalue weighted by atomic mass is 16.5. The van der Waals surface area contributed by atoms with Gasteiger partial charge in [0.25, 0.3) is 0 Å². The standard InChI is InChI=1S/C13H27NO4/c1-2-17-6-7-18-10-12(15)9-14-8-11-4-3-5-13(11)16/h11-16H,2-10H2,1H3. The molecule has 3 unspecified atom stereocenters. The van der Waals surface area contributed by atoms with E-state index in [2.05, 4.69) is 5.32 Å². The van der Waals surface area contributed by atoms with Crippen LogP contribution in [-0.4, -0.2) is 61.9 Å². The second-order valence-electron chi connectivity index (χ2n) is 4.84. The molecule has 1 fully saturated rings. The molecule has 0 aliphatic heterocycles. The van der Waals surface area contributed by atoms with Crippen LogP contribution in [0.5, 0.6) is 0 Å². The summed E-state index contributed by atoms with van der Waals surface area (Å²) in [6.45, 7) is 5.34. The first kappa shape index (κ1) is 15.9. The molecule has 0 amide bonds. The zero-order valence-corrected chi connectivity index (χ0v) is 11.3. The second-order valence-corrected chi connectivity index (χ2v) is 4.84. The summed E-state index contributed by atoms with van der Waals surface area (Å²) in [5.74, 6) is 0.344. The maximum Gasteiger partial charge on any atom is 0.0897 e. The van der Waals surface area contributed by atoms with Crippen LogP contribution in [0.25, 0.3) is 0 Å². The van der Waals surface area contributed by atoms with Crippen molar-refractivity contribution in [3.05, 3.63) is 0 Å². The summed E-state index contributed by atoms with van der Waals surface area (Å²) >= 11 is 0. The lowest BCUT2D eigenvalue weighted by molar-refractivity contribution is 0.00586. The Balaban J connectivity index is 1.91. The SMILES string of the molecule is CCOCCOCC(O)CNCC1CCCC1O. The molecular weight excluding hydrogens is 234 g/mol. The van der Waals surface area contributed by atoms with E-state index in [1.165, 1.54) is 0 Å². The summed E-state index contributed by atoms with van der Waals surface area (Å²) in [5, 5.41) is 22.5. The highest BCUT2D eigenvalue weighted by molar-refractivity contribution is 4.78. The predicted octanol–water partition coefficient (Wildman–Crippen LogP) is 0.151. The van der Waals surface area contributed by atoms with E-state index >= 15 is 0 Å². The minimum absolute atomic E-state index is 0.169. The first-order valence-corrected chi connectivity index (χ1v) is 6.96. The van der Waals surface area contributed by atoms with Gasteiger partial charge in [-0.25, -0.2) is 0 Å². The summed E-state index contributed by atoms with van der Waals surface area (Å²) in [4.78, 5) is 0. The minimum Gasteiger partial charge on any atom is -0.393 e. The molecule has 0 heterocycles. The van der Waals surface area contributed by atoms with Gasteiger partial charge in [0.2, 0.25) is 0 Å². The Labute approximate surface area is 109 Å². The predicted molar refractivity (Wildman–Crippen MR) is 69.5 cm³/mol. The Morgan fingerprint density at radius 1 is 1.28 bits per heavy atom. The zero-order valence-electron chi connectivity index (χ0n) is 11.3. The Morgan fingerprint density at radius 2 is 2.06 bits per heavy atom. The Kier molecular flexibility index (Phi) is 8.54. The molecule has 1 aliphatic rings. The number of rotatable bonds is 10. The first-order chi connectivity index (χ1) is 8.74. The molecule has 1 rings (SSSR count). The summed E-state index contributed by atoms with van der Waals surface area (Å²) in [6.07, 6.45) is 2.43. The van der Waals surface area contributed by atoms with Crippen LogP contribution in [0.2, 0.25) is 0 Å². The third-order valence-corrected chi connectivity index (χ3v) is 3.29. The number of nitrogens with one attached hydrogen (secondary N) is 1. The van der Waals surface area contributed by atoms with Crippen LogP contribution in [0.15, 0.2) is 0 Å². The highest BCUT2D eigenvalue weighted by Gasteiger charge is 2.24. The van der Waals surface area contributed by atoms with Crippen LogP contribution in [0, 0.1) is 5.92 Å². The van der Waals surface area contributed by atoms with Gasteiger partial charge in [0.15, 0.2) is 0 Å². The monoisotopic (exact) mass is 261 g/mol. The average Bonchev–Trinajstić information content (AvgIpc) is 2.75. The average molecular weight is 261 g/mol. The highest BCUT2D eigenvalue weighted by Crippen LogP contribution is 2.24. The van der Waals surface area contributed by atoms with Crippen molar-refractivity contribution in [2.75, 3.05) is 39.5 Å². The van der Waals surface area contributed by atoms with E-state index in [4.69, 9.17) is 9.47 Å². The van der Waals surface area contributed by atoms with Crippen molar-refractivity contribution in [3.8, 4) is 0 Å². The van der Waals surface area contributed by atoms with Gasteiger partial charge in [0.1, 0.15) is 0 Å². The van der Waals surface area contributed by atoms with E-state index in [0.717, 1.165) is 25.8 Å². The maximum atomic E-state index is 9.65. The van der Waals surface area contributed by atoms with Crippen LogP contribution in [0.4, 0.5) is 0 Å². The molecule has 108 valence electrons. The quantitative estimate of drug-likeness (QED) is 0.488.